The number of nitrogens with zero attached hydrogens (tertiary/aromatic N) is 4. The van der Waals surface area contributed by atoms with Crippen molar-refractivity contribution in [3.63, 3.8) is 0 Å². The van der Waals surface area contributed by atoms with Crippen molar-refractivity contribution in [1.82, 2.24) is 24.2 Å². The van der Waals surface area contributed by atoms with Crippen LogP contribution in [0.3, 0.4) is 0 Å². The Bertz CT molecular complexity index is 1230. The van der Waals surface area contributed by atoms with Gasteiger partial charge in [0.15, 0.2) is 0 Å². The maximum atomic E-state index is 12.8. The topological polar surface area (TPSA) is 73.8 Å². The molecule has 0 radical (unpaired) electrons. The van der Waals surface area contributed by atoms with Crippen LogP contribution in [-0.4, -0.2) is 24.8 Å². The monoisotopic (exact) mass is 375 g/mol. The van der Waals surface area contributed by atoms with Crippen molar-refractivity contribution in [1.29, 1.82) is 0 Å². The van der Waals surface area contributed by atoms with Crippen LogP contribution in [0, 0.1) is 6.92 Å². The summed E-state index contributed by atoms with van der Waals surface area (Å²) >= 11 is 0. The second-order valence-corrected chi connectivity index (χ2v) is 6.92. The molecule has 0 aliphatic heterocycles. The van der Waals surface area contributed by atoms with Crippen LogP contribution in [0.2, 0.25) is 0 Å². The van der Waals surface area contributed by atoms with Crippen molar-refractivity contribution in [2.24, 2.45) is 14.1 Å². The first-order chi connectivity index (χ1) is 13.5. The van der Waals surface area contributed by atoms with E-state index in [0.717, 1.165) is 22.3 Å². The van der Waals surface area contributed by atoms with Crippen molar-refractivity contribution < 1.29 is 4.79 Å². The predicted molar refractivity (Wildman–Crippen MR) is 108 cm³/mol. The van der Waals surface area contributed by atoms with Gasteiger partial charge in [-0.15, -0.1) is 0 Å². The highest BCUT2D eigenvalue weighted by molar-refractivity contribution is 6.07. The van der Waals surface area contributed by atoms with Gasteiger partial charge in [0.2, 0.25) is 0 Å². The minimum Gasteiger partial charge on any atom is -0.349 e. The van der Waals surface area contributed by atoms with E-state index in [1.807, 2.05) is 55.1 Å². The van der Waals surface area contributed by atoms with E-state index < -0.39 is 0 Å². The molecule has 1 aromatic carbocycles. The molecule has 142 valence electrons. The van der Waals surface area contributed by atoms with Gasteiger partial charge < -0.3 is 14.5 Å². The smallest absolute Gasteiger partial charge is 0.260 e. The van der Waals surface area contributed by atoms with Crippen molar-refractivity contribution in [3.8, 4) is 5.69 Å². The zero-order valence-corrected chi connectivity index (χ0v) is 16.0. The molecule has 0 saturated heterocycles. The molecule has 4 aromatic rings. The molecule has 3 heterocycles. The average molecular weight is 375 g/mol. The Morgan fingerprint density at radius 1 is 1.07 bits per heavy atom. The van der Waals surface area contributed by atoms with Crippen LogP contribution in [-0.2, 0) is 20.6 Å². The van der Waals surface area contributed by atoms with Crippen LogP contribution in [0.4, 0.5) is 0 Å². The number of nitrogens with one attached hydrogen (secondary N) is 1. The van der Waals surface area contributed by atoms with E-state index in [2.05, 4.69) is 10.4 Å². The van der Waals surface area contributed by atoms with E-state index in [1.165, 1.54) is 4.57 Å². The molecule has 0 fully saturated rings. The van der Waals surface area contributed by atoms with Gasteiger partial charge in [0.1, 0.15) is 0 Å². The van der Waals surface area contributed by atoms with Crippen LogP contribution in [0.15, 0.2) is 59.9 Å². The fourth-order valence-electron chi connectivity index (χ4n) is 3.53. The van der Waals surface area contributed by atoms with E-state index >= 15 is 0 Å². The van der Waals surface area contributed by atoms with Crippen molar-refractivity contribution in [2.75, 3.05) is 0 Å². The first-order valence-electron chi connectivity index (χ1n) is 8.98. The van der Waals surface area contributed by atoms with Gasteiger partial charge in [-0.3, -0.25) is 9.59 Å². The molecule has 0 aliphatic carbocycles. The third kappa shape index (κ3) is 3.00. The number of amides is 1. The van der Waals surface area contributed by atoms with Crippen molar-refractivity contribution >= 4 is 16.8 Å². The van der Waals surface area contributed by atoms with Crippen LogP contribution in [0.1, 0.15) is 21.5 Å². The Morgan fingerprint density at radius 2 is 1.82 bits per heavy atom. The molecular weight excluding hydrogens is 354 g/mol. The lowest BCUT2D eigenvalue weighted by atomic mass is 10.1. The number of rotatable bonds is 4. The van der Waals surface area contributed by atoms with Gasteiger partial charge >= 0.3 is 0 Å². The zero-order valence-electron chi connectivity index (χ0n) is 16.0. The number of carbonyl (C=O) groups is 1. The molecule has 3 aromatic heterocycles. The predicted octanol–water partition coefficient (Wildman–Crippen LogP) is 2.30. The molecule has 0 saturated carbocycles. The quantitative estimate of drug-likeness (QED) is 0.595. The summed E-state index contributed by atoms with van der Waals surface area (Å²) in [5.41, 5.74) is 3.77. The van der Waals surface area contributed by atoms with Gasteiger partial charge in [-0.25, -0.2) is 4.68 Å². The number of fused-ring (bicyclic) bond motifs is 1. The number of carbonyl (C=O) groups excluding carboxylic acids is 1. The van der Waals surface area contributed by atoms with Gasteiger partial charge in [0, 0.05) is 44.8 Å². The summed E-state index contributed by atoms with van der Waals surface area (Å²) in [6.45, 7) is 2.26. The number of para-hydroxylation sites is 1. The van der Waals surface area contributed by atoms with Crippen LogP contribution >= 0.6 is 0 Å². The second kappa shape index (κ2) is 6.84. The van der Waals surface area contributed by atoms with Crippen LogP contribution < -0.4 is 10.9 Å². The van der Waals surface area contributed by atoms with Gasteiger partial charge in [0.05, 0.1) is 28.4 Å². The lowest BCUT2D eigenvalue weighted by molar-refractivity contribution is 0.0952. The van der Waals surface area contributed by atoms with E-state index in [4.69, 9.17) is 0 Å². The van der Waals surface area contributed by atoms with Crippen LogP contribution in [0.5, 0.6) is 0 Å². The molecule has 7 heteroatoms. The largest absolute Gasteiger partial charge is 0.349 e. The molecule has 0 aliphatic rings. The summed E-state index contributed by atoms with van der Waals surface area (Å²) in [7, 11) is 3.54. The molecule has 0 atom stereocenters. The SMILES string of the molecule is Cc1cn(C)c(=O)c2c(C(=O)NCc3cnn(-c4ccccc4)c3)cn(C)c12. The Balaban J connectivity index is 1.59. The summed E-state index contributed by atoms with van der Waals surface area (Å²) < 4.78 is 5.10. The van der Waals surface area contributed by atoms with Crippen LogP contribution in [0.25, 0.3) is 16.6 Å². The molecule has 1 N–H and O–H groups in total. The Labute approximate surface area is 161 Å². The summed E-state index contributed by atoms with van der Waals surface area (Å²) in [5.74, 6) is -0.277. The Hall–Kier alpha value is -3.61. The number of pyridine rings is 1. The Morgan fingerprint density at radius 3 is 2.57 bits per heavy atom. The third-order valence-corrected chi connectivity index (χ3v) is 4.83. The average Bonchev–Trinajstić information content (AvgIpc) is 3.30. The fourth-order valence-corrected chi connectivity index (χ4v) is 3.53. The summed E-state index contributed by atoms with van der Waals surface area (Å²) in [4.78, 5) is 25.4. The number of benzene rings is 1. The lowest BCUT2D eigenvalue weighted by Crippen LogP contribution is -2.25. The van der Waals surface area contributed by atoms with Gasteiger partial charge in [0.25, 0.3) is 11.5 Å². The fraction of sp³-hybridized carbons (Fsp3) is 0.190. The van der Waals surface area contributed by atoms with Gasteiger partial charge in [-0.1, -0.05) is 18.2 Å². The minimum absolute atomic E-state index is 0.178. The summed E-state index contributed by atoms with van der Waals surface area (Å²) in [5, 5.41) is 7.68. The molecular formula is C21H21N5O2. The van der Waals surface area contributed by atoms with Crippen molar-refractivity contribution in [2.45, 2.75) is 13.5 Å². The normalized spacial score (nSPS) is 11.1. The number of aromatic nitrogens is 4. The Kier molecular flexibility index (Phi) is 4.35. The first kappa shape index (κ1) is 17.8. The highest BCUT2D eigenvalue weighted by Gasteiger charge is 2.19. The highest BCUT2D eigenvalue weighted by atomic mass is 16.2. The van der Waals surface area contributed by atoms with Crippen molar-refractivity contribution in [3.05, 3.63) is 82.2 Å². The molecule has 28 heavy (non-hydrogen) atoms. The number of hydrogen-bond acceptors (Lipinski definition) is 3. The molecule has 7 nitrogen and oxygen atoms in total. The molecule has 0 bridgehead atoms. The van der Waals surface area contributed by atoms with E-state index in [-0.39, 0.29) is 11.5 Å². The van der Waals surface area contributed by atoms with E-state index in [1.54, 1.807) is 30.3 Å². The molecule has 0 spiro atoms. The highest BCUT2D eigenvalue weighted by Crippen LogP contribution is 2.20. The maximum absolute atomic E-state index is 12.8. The van der Waals surface area contributed by atoms with E-state index in [0.29, 0.717) is 17.5 Å². The van der Waals surface area contributed by atoms with Gasteiger partial charge in [-0.05, 0) is 24.6 Å². The first-order valence-corrected chi connectivity index (χ1v) is 8.98. The van der Waals surface area contributed by atoms with Gasteiger partial charge in [-0.2, -0.15) is 5.10 Å². The number of aryl methyl sites for hydroxylation is 3. The standard InChI is InChI=1S/C21H21N5O2/c1-14-11-25(3)21(28)18-17(13-24(2)19(14)18)20(27)22-9-15-10-23-26(12-15)16-7-5-4-6-8-16/h4-8,10-13H,9H2,1-3H3,(H,22,27). The zero-order chi connectivity index (χ0) is 19.8. The number of hydrogen-bond donors (Lipinski definition) is 1. The third-order valence-electron chi connectivity index (χ3n) is 4.83. The summed E-state index contributed by atoms with van der Waals surface area (Å²) in [6, 6.07) is 9.76. The molecule has 4 rings (SSSR count). The second-order valence-electron chi connectivity index (χ2n) is 6.92. The lowest BCUT2D eigenvalue weighted by Gasteiger charge is -2.05. The maximum Gasteiger partial charge on any atom is 0.260 e. The minimum atomic E-state index is -0.277. The molecule has 0 unspecified atom stereocenters. The molecule has 1 amide bonds. The van der Waals surface area contributed by atoms with E-state index in [9.17, 15) is 9.59 Å². The summed E-state index contributed by atoms with van der Waals surface area (Å²) in [6.07, 6.45) is 7.09.